The first-order valence-electron chi connectivity index (χ1n) is 10.5. The smallest absolute Gasteiger partial charge is 0.302 e. The molecule has 3 amide bonds. The van der Waals surface area contributed by atoms with Gasteiger partial charge in [-0.05, 0) is 42.8 Å². The molecule has 10 heteroatoms. The Balaban J connectivity index is 1.56. The largest absolute Gasteiger partial charge is 0.350 e. The van der Waals surface area contributed by atoms with Crippen LogP contribution in [0.4, 0.5) is 4.39 Å². The molecule has 0 aliphatic carbocycles. The van der Waals surface area contributed by atoms with E-state index in [1.54, 1.807) is 19.1 Å². The first kappa shape index (κ1) is 22.7. The summed E-state index contributed by atoms with van der Waals surface area (Å²) in [6, 6.07) is 7.12. The van der Waals surface area contributed by atoms with Gasteiger partial charge in [-0.25, -0.2) is 9.38 Å². The Bertz CT molecular complexity index is 1240. The number of nitrogens with one attached hydrogen (secondary N) is 1. The van der Waals surface area contributed by atoms with Crippen LogP contribution in [0, 0.1) is 5.82 Å². The number of ketones is 1. The van der Waals surface area contributed by atoms with Gasteiger partial charge in [-0.15, -0.1) is 0 Å². The minimum absolute atomic E-state index is 0.0384. The average molecular weight is 461 g/mol. The van der Waals surface area contributed by atoms with Gasteiger partial charge in [0.15, 0.2) is 6.04 Å². The second-order valence-electron chi connectivity index (χ2n) is 7.44. The number of aromatic nitrogens is 1. The summed E-state index contributed by atoms with van der Waals surface area (Å²) in [7, 11) is 0. The summed E-state index contributed by atoms with van der Waals surface area (Å²) in [5.41, 5.74) is 1.50. The van der Waals surface area contributed by atoms with Crippen molar-refractivity contribution in [3.05, 3.63) is 89.8 Å². The molecule has 9 nitrogen and oxygen atoms in total. The number of halogens is 1. The van der Waals surface area contributed by atoms with E-state index in [2.05, 4.69) is 15.3 Å². The van der Waals surface area contributed by atoms with Gasteiger partial charge in [0.1, 0.15) is 11.7 Å². The number of benzene rings is 1. The number of rotatable bonds is 6. The highest BCUT2D eigenvalue weighted by Crippen LogP contribution is 2.21. The quantitative estimate of drug-likeness (QED) is 0.519. The SMILES string of the molecule is CCN(C(=O)c1ccncc1)C1=CC2=NC(C(=O)NCc3ccc(F)cc3)C(=O)C(=O)N2C=C1. The summed E-state index contributed by atoms with van der Waals surface area (Å²) in [6.07, 6.45) is 7.38. The summed E-state index contributed by atoms with van der Waals surface area (Å²) in [6.45, 7) is 2.17. The van der Waals surface area contributed by atoms with E-state index in [0.29, 0.717) is 23.4 Å². The van der Waals surface area contributed by atoms with Crippen LogP contribution in [-0.2, 0) is 20.9 Å². The molecule has 1 aromatic carbocycles. The highest BCUT2D eigenvalue weighted by molar-refractivity contribution is 6.47. The van der Waals surface area contributed by atoms with Crippen LogP contribution in [0.25, 0.3) is 0 Å². The van der Waals surface area contributed by atoms with E-state index in [0.717, 1.165) is 4.90 Å². The summed E-state index contributed by atoms with van der Waals surface area (Å²) < 4.78 is 13.1. The van der Waals surface area contributed by atoms with Crippen molar-refractivity contribution >= 4 is 29.3 Å². The van der Waals surface area contributed by atoms with Crippen molar-refractivity contribution in [1.82, 2.24) is 20.1 Å². The zero-order chi connectivity index (χ0) is 24.2. The van der Waals surface area contributed by atoms with E-state index < -0.39 is 29.5 Å². The van der Waals surface area contributed by atoms with Crippen molar-refractivity contribution in [3.8, 4) is 0 Å². The minimum Gasteiger partial charge on any atom is -0.350 e. The number of aliphatic imine (C=N–C) groups is 1. The van der Waals surface area contributed by atoms with Gasteiger partial charge in [0.2, 0.25) is 0 Å². The molecule has 2 aromatic rings. The molecule has 0 bridgehead atoms. The van der Waals surface area contributed by atoms with E-state index in [-0.39, 0.29) is 18.3 Å². The van der Waals surface area contributed by atoms with Crippen LogP contribution in [0.3, 0.4) is 0 Å². The number of carbonyl (C=O) groups excluding carboxylic acids is 4. The fourth-order valence-electron chi connectivity index (χ4n) is 3.50. The molecule has 172 valence electrons. The Morgan fingerprint density at radius 1 is 1.12 bits per heavy atom. The molecule has 0 saturated carbocycles. The van der Waals surface area contributed by atoms with Crippen LogP contribution in [0.15, 0.2) is 77.8 Å². The Hall–Kier alpha value is -4.47. The fraction of sp³-hybridized carbons (Fsp3) is 0.167. The van der Waals surface area contributed by atoms with Gasteiger partial charge >= 0.3 is 5.91 Å². The minimum atomic E-state index is -1.56. The van der Waals surface area contributed by atoms with Crippen LogP contribution in [-0.4, -0.2) is 56.7 Å². The first-order valence-corrected chi connectivity index (χ1v) is 10.5. The third-order valence-electron chi connectivity index (χ3n) is 5.29. The van der Waals surface area contributed by atoms with E-state index in [1.807, 2.05) is 0 Å². The van der Waals surface area contributed by atoms with Crippen LogP contribution in [0.2, 0.25) is 0 Å². The normalized spacial score (nSPS) is 17.0. The fourth-order valence-corrected chi connectivity index (χ4v) is 3.50. The van der Waals surface area contributed by atoms with Gasteiger partial charge in [-0.2, -0.15) is 0 Å². The highest BCUT2D eigenvalue weighted by atomic mass is 19.1. The van der Waals surface area contributed by atoms with Crippen LogP contribution >= 0.6 is 0 Å². The van der Waals surface area contributed by atoms with Gasteiger partial charge in [0.05, 0.1) is 0 Å². The lowest BCUT2D eigenvalue weighted by Gasteiger charge is -2.31. The molecular formula is C24H20FN5O4. The van der Waals surface area contributed by atoms with Crippen molar-refractivity contribution in [2.75, 3.05) is 6.54 Å². The number of amidine groups is 1. The van der Waals surface area contributed by atoms with E-state index >= 15 is 0 Å². The second-order valence-corrected chi connectivity index (χ2v) is 7.44. The van der Waals surface area contributed by atoms with Crippen molar-refractivity contribution in [2.24, 2.45) is 4.99 Å². The zero-order valence-corrected chi connectivity index (χ0v) is 18.1. The Labute approximate surface area is 194 Å². The maximum Gasteiger partial charge on any atom is 0.302 e. The third kappa shape index (κ3) is 4.51. The van der Waals surface area contributed by atoms with Crippen molar-refractivity contribution < 1.29 is 23.6 Å². The lowest BCUT2D eigenvalue weighted by molar-refractivity contribution is -0.144. The van der Waals surface area contributed by atoms with E-state index in [9.17, 15) is 23.6 Å². The number of fused-ring (bicyclic) bond motifs is 1. The van der Waals surface area contributed by atoms with E-state index in [1.165, 1.54) is 59.9 Å². The van der Waals surface area contributed by atoms with Crippen molar-refractivity contribution in [3.63, 3.8) is 0 Å². The molecule has 4 rings (SSSR count). The maximum absolute atomic E-state index is 13.1. The van der Waals surface area contributed by atoms with Crippen LogP contribution in [0.1, 0.15) is 22.8 Å². The first-order chi connectivity index (χ1) is 16.4. The number of amides is 3. The summed E-state index contributed by atoms with van der Waals surface area (Å²) >= 11 is 0. The van der Waals surface area contributed by atoms with Crippen molar-refractivity contribution in [1.29, 1.82) is 0 Å². The molecule has 2 aliphatic heterocycles. The van der Waals surface area contributed by atoms with Gasteiger partial charge in [0.25, 0.3) is 17.6 Å². The summed E-state index contributed by atoms with van der Waals surface area (Å²) in [5.74, 6) is -3.23. The topological polar surface area (TPSA) is 112 Å². The lowest BCUT2D eigenvalue weighted by atomic mass is 10.1. The number of pyridine rings is 1. The molecule has 1 aromatic heterocycles. The Kier molecular flexibility index (Phi) is 6.39. The number of hydrogen-bond acceptors (Lipinski definition) is 6. The molecule has 3 heterocycles. The number of likely N-dealkylation sites (N-methyl/N-ethyl adjacent to an activating group) is 1. The number of carbonyl (C=O) groups is 4. The van der Waals surface area contributed by atoms with Gasteiger partial charge < -0.3 is 10.2 Å². The molecule has 0 fully saturated rings. The van der Waals surface area contributed by atoms with Gasteiger partial charge in [0, 0.05) is 49.0 Å². The predicted octanol–water partition coefficient (Wildman–Crippen LogP) is 1.59. The summed E-state index contributed by atoms with van der Waals surface area (Å²) in [5, 5.41) is 2.55. The van der Waals surface area contributed by atoms with Gasteiger partial charge in [-0.1, -0.05) is 12.1 Å². The molecule has 0 spiro atoms. The van der Waals surface area contributed by atoms with Crippen molar-refractivity contribution in [2.45, 2.75) is 19.5 Å². The lowest BCUT2D eigenvalue weighted by Crippen LogP contribution is -2.52. The monoisotopic (exact) mass is 461 g/mol. The highest BCUT2D eigenvalue weighted by Gasteiger charge is 2.40. The molecule has 2 aliphatic rings. The molecule has 0 radical (unpaired) electrons. The van der Waals surface area contributed by atoms with Crippen LogP contribution in [0.5, 0.6) is 0 Å². The maximum atomic E-state index is 13.1. The number of Topliss-reactive ketones (excluding diaryl/α,β-unsaturated/α-hetero) is 1. The predicted molar refractivity (Wildman–Crippen MR) is 119 cm³/mol. The molecule has 34 heavy (non-hydrogen) atoms. The number of nitrogens with zero attached hydrogens (tertiary/aromatic N) is 4. The van der Waals surface area contributed by atoms with E-state index in [4.69, 9.17) is 0 Å². The standard InChI is InChI=1S/C24H20FN5O4/c1-2-29(23(33)16-7-10-26-11-8-16)18-9-12-30-19(13-18)28-20(21(31)24(30)34)22(32)27-14-15-3-5-17(25)6-4-15/h3-13,20H,2,14H2,1H3,(H,27,32). The number of hydrogen-bond donors (Lipinski definition) is 1. The Morgan fingerprint density at radius 3 is 2.50 bits per heavy atom. The molecule has 1 N–H and O–H groups in total. The number of allylic oxidation sites excluding steroid dienone is 1. The molecular weight excluding hydrogens is 441 g/mol. The molecule has 1 atom stereocenters. The van der Waals surface area contributed by atoms with Crippen LogP contribution < -0.4 is 5.32 Å². The molecule has 0 saturated heterocycles. The average Bonchev–Trinajstić information content (AvgIpc) is 2.86. The second kappa shape index (κ2) is 9.57. The molecule has 1 unspecified atom stereocenters. The summed E-state index contributed by atoms with van der Waals surface area (Å²) in [4.78, 5) is 61.3. The van der Waals surface area contributed by atoms with Gasteiger partial charge in [-0.3, -0.25) is 29.1 Å². The zero-order valence-electron chi connectivity index (χ0n) is 18.1. The Morgan fingerprint density at radius 2 is 1.82 bits per heavy atom. The third-order valence-corrected chi connectivity index (χ3v) is 5.29.